The van der Waals surface area contributed by atoms with Crippen LogP contribution in [-0.2, 0) is 14.9 Å². The molecule has 0 atom stereocenters. The largest absolute Gasteiger partial charge is 0.465 e. The van der Waals surface area contributed by atoms with Gasteiger partial charge in [-0.1, -0.05) is 43.2 Å². The quantitative estimate of drug-likeness (QED) is 0.346. The first kappa shape index (κ1) is 22.3. The van der Waals surface area contributed by atoms with Crippen molar-refractivity contribution in [1.82, 2.24) is 4.90 Å². The summed E-state index contributed by atoms with van der Waals surface area (Å²) < 4.78 is 5.43. The minimum absolute atomic E-state index is 0. The Morgan fingerprint density at radius 3 is 2.36 bits per heavy atom. The van der Waals surface area contributed by atoms with Gasteiger partial charge in [-0.3, -0.25) is 4.79 Å². The van der Waals surface area contributed by atoms with Crippen LogP contribution in [0.1, 0.15) is 51.0 Å². The van der Waals surface area contributed by atoms with Gasteiger partial charge >= 0.3 is 5.97 Å². The van der Waals surface area contributed by atoms with E-state index in [0.717, 1.165) is 50.3 Å². The molecule has 25 heavy (non-hydrogen) atoms. The molecule has 0 aromatic heterocycles. The zero-order valence-corrected chi connectivity index (χ0v) is 16.8. The zero-order chi connectivity index (χ0) is 17.3. The molecule has 0 radical (unpaired) electrons. The summed E-state index contributed by atoms with van der Waals surface area (Å²) in [5, 5.41) is 0. The molecule has 142 valence electrons. The van der Waals surface area contributed by atoms with E-state index in [1.807, 2.05) is 25.1 Å². The number of piperidine rings is 1. The second-order valence-electron chi connectivity index (χ2n) is 6.61. The molecule has 1 aromatic rings. The fourth-order valence-corrected chi connectivity index (χ4v) is 3.77. The number of nitrogens with zero attached hydrogens (tertiary/aromatic N) is 1. The number of benzene rings is 1. The SMILES string of the molecule is CCOC(=O)C1(c2ccccc2)CCN(CCCCCCCl)CC1.Cl. The van der Waals surface area contributed by atoms with Crippen molar-refractivity contribution in [1.29, 1.82) is 0 Å². The van der Waals surface area contributed by atoms with Crippen LogP contribution in [0.3, 0.4) is 0 Å². The Kier molecular flexibility index (Phi) is 10.5. The Morgan fingerprint density at radius 1 is 1.12 bits per heavy atom. The third-order valence-corrected chi connectivity index (χ3v) is 5.33. The summed E-state index contributed by atoms with van der Waals surface area (Å²) in [5.41, 5.74) is 0.636. The van der Waals surface area contributed by atoms with E-state index < -0.39 is 5.41 Å². The predicted molar refractivity (Wildman–Crippen MR) is 107 cm³/mol. The molecule has 1 aromatic carbocycles. The van der Waals surface area contributed by atoms with E-state index in [1.54, 1.807) is 0 Å². The number of unbranched alkanes of at least 4 members (excludes halogenated alkanes) is 3. The molecule has 5 heteroatoms. The minimum Gasteiger partial charge on any atom is -0.465 e. The van der Waals surface area contributed by atoms with Crippen LogP contribution in [-0.4, -0.2) is 43.0 Å². The summed E-state index contributed by atoms with van der Waals surface area (Å²) in [6, 6.07) is 10.2. The number of rotatable bonds is 9. The number of hydrogen-bond acceptors (Lipinski definition) is 3. The summed E-state index contributed by atoms with van der Waals surface area (Å²) in [6.45, 7) is 5.37. The first-order valence-electron chi connectivity index (χ1n) is 9.24. The van der Waals surface area contributed by atoms with Crippen LogP contribution >= 0.6 is 24.0 Å². The van der Waals surface area contributed by atoms with Gasteiger partial charge < -0.3 is 9.64 Å². The smallest absolute Gasteiger partial charge is 0.316 e. The van der Waals surface area contributed by atoms with Gasteiger partial charge in [0.25, 0.3) is 0 Å². The number of esters is 1. The maximum atomic E-state index is 12.7. The van der Waals surface area contributed by atoms with Crippen molar-refractivity contribution < 1.29 is 9.53 Å². The predicted octanol–water partition coefficient (Wildman–Crippen LogP) is 4.80. The van der Waals surface area contributed by atoms with E-state index in [9.17, 15) is 4.79 Å². The first-order chi connectivity index (χ1) is 11.7. The molecule has 1 heterocycles. The summed E-state index contributed by atoms with van der Waals surface area (Å²) in [5.74, 6) is 0.709. The standard InChI is InChI=1S/C20H30ClNO2.ClH/c1-2-24-19(23)20(18-10-6-5-7-11-18)12-16-22(17-13-20)15-9-4-3-8-14-21;/h5-7,10-11H,2-4,8-9,12-17H2,1H3;1H. The summed E-state index contributed by atoms with van der Waals surface area (Å²) in [4.78, 5) is 15.2. The van der Waals surface area contributed by atoms with Crippen molar-refractivity contribution >= 4 is 30.0 Å². The van der Waals surface area contributed by atoms with Crippen molar-refractivity contribution in [3.63, 3.8) is 0 Å². The second kappa shape index (κ2) is 11.8. The maximum Gasteiger partial charge on any atom is 0.316 e. The van der Waals surface area contributed by atoms with Crippen LogP contribution in [0.4, 0.5) is 0 Å². The Balaban J connectivity index is 0.00000312. The molecular formula is C20H31Cl2NO2. The highest BCUT2D eigenvalue weighted by atomic mass is 35.5. The van der Waals surface area contributed by atoms with Gasteiger partial charge in [0, 0.05) is 5.88 Å². The molecule has 1 aliphatic heterocycles. The van der Waals surface area contributed by atoms with Crippen molar-refractivity contribution in [2.45, 2.75) is 50.9 Å². The molecule has 0 saturated carbocycles. The van der Waals surface area contributed by atoms with E-state index in [0.29, 0.717) is 6.61 Å². The molecular weight excluding hydrogens is 357 g/mol. The molecule has 0 N–H and O–H groups in total. The third-order valence-electron chi connectivity index (χ3n) is 5.06. The third kappa shape index (κ3) is 6.16. The van der Waals surface area contributed by atoms with Crippen LogP contribution in [0.25, 0.3) is 0 Å². The average Bonchev–Trinajstić information content (AvgIpc) is 2.63. The van der Waals surface area contributed by atoms with Gasteiger partial charge in [-0.25, -0.2) is 0 Å². The second-order valence-corrected chi connectivity index (χ2v) is 6.99. The fraction of sp³-hybridized carbons (Fsp3) is 0.650. The lowest BCUT2D eigenvalue weighted by molar-refractivity contribution is -0.152. The van der Waals surface area contributed by atoms with Crippen LogP contribution in [0.15, 0.2) is 30.3 Å². The summed E-state index contributed by atoms with van der Waals surface area (Å²) in [6.07, 6.45) is 6.48. The van der Waals surface area contributed by atoms with Crippen molar-refractivity contribution in [3.05, 3.63) is 35.9 Å². The minimum atomic E-state index is -0.466. The van der Waals surface area contributed by atoms with E-state index in [-0.39, 0.29) is 18.4 Å². The zero-order valence-electron chi connectivity index (χ0n) is 15.2. The van der Waals surface area contributed by atoms with Crippen molar-refractivity contribution in [2.75, 3.05) is 32.1 Å². The van der Waals surface area contributed by atoms with Gasteiger partial charge in [-0.05, 0) is 57.8 Å². The highest BCUT2D eigenvalue weighted by Crippen LogP contribution is 2.37. The van der Waals surface area contributed by atoms with Crippen molar-refractivity contribution in [3.8, 4) is 0 Å². The lowest BCUT2D eigenvalue weighted by atomic mass is 9.72. The van der Waals surface area contributed by atoms with Gasteiger partial charge in [-0.15, -0.1) is 24.0 Å². The summed E-state index contributed by atoms with van der Waals surface area (Å²) in [7, 11) is 0. The lowest BCUT2D eigenvalue weighted by Crippen LogP contribution is -2.48. The molecule has 0 aliphatic carbocycles. The highest BCUT2D eigenvalue weighted by Gasteiger charge is 2.43. The number of ether oxygens (including phenoxy) is 1. The van der Waals surface area contributed by atoms with Gasteiger partial charge in [0.1, 0.15) is 0 Å². The van der Waals surface area contributed by atoms with E-state index in [4.69, 9.17) is 16.3 Å². The molecule has 2 rings (SSSR count). The number of carbonyl (C=O) groups is 1. The Morgan fingerprint density at radius 2 is 1.76 bits per heavy atom. The average molecular weight is 388 g/mol. The first-order valence-corrected chi connectivity index (χ1v) is 9.77. The van der Waals surface area contributed by atoms with Gasteiger partial charge in [0.15, 0.2) is 0 Å². The van der Waals surface area contributed by atoms with E-state index in [1.165, 1.54) is 19.3 Å². The van der Waals surface area contributed by atoms with E-state index >= 15 is 0 Å². The number of halogens is 2. The number of hydrogen-bond donors (Lipinski definition) is 0. The Labute approximate surface area is 163 Å². The van der Waals surface area contributed by atoms with Gasteiger partial charge in [-0.2, -0.15) is 0 Å². The monoisotopic (exact) mass is 387 g/mol. The maximum absolute atomic E-state index is 12.7. The van der Waals surface area contributed by atoms with Gasteiger partial charge in [0.05, 0.1) is 12.0 Å². The Bertz CT molecular complexity index is 488. The normalized spacial score (nSPS) is 16.9. The molecule has 0 amide bonds. The molecule has 0 bridgehead atoms. The van der Waals surface area contributed by atoms with Gasteiger partial charge in [0.2, 0.25) is 0 Å². The van der Waals surface area contributed by atoms with Crippen LogP contribution in [0.5, 0.6) is 0 Å². The van der Waals surface area contributed by atoms with E-state index in [2.05, 4.69) is 17.0 Å². The number of likely N-dealkylation sites (tertiary alicyclic amines) is 1. The molecule has 0 unspecified atom stereocenters. The number of alkyl halides is 1. The molecule has 1 saturated heterocycles. The molecule has 1 aliphatic rings. The summed E-state index contributed by atoms with van der Waals surface area (Å²) >= 11 is 5.72. The molecule has 0 spiro atoms. The van der Waals surface area contributed by atoms with Crippen LogP contribution in [0.2, 0.25) is 0 Å². The topological polar surface area (TPSA) is 29.5 Å². The van der Waals surface area contributed by atoms with Crippen LogP contribution in [0, 0.1) is 0 Å². The number of carbonyl (C=O) groups excluding carboxylic acids is 1. The van der Waals surface area contributed by atoms with Crippen molar-refractivity contribution in [2.24, 2.45) is 0 Å². The van der Waals surface area contributed by atoms with Crippen LogP contribution < -0.4 is 0 Å². The lowest BCUT2D eigenvalue weighted by Gasteiger charge is -2.40. The highest BCUT2D eigenvalue weighted by molar-refractivity contribution is 6.17. The molecule has 1 fully saturated rings. The fourth-order valence-electron chi connectivity index (χ4n) is 3.58. The Hall–Kier alpha value is -0.770. The molecule has 3 nitrogen and oxygen atoms in total.